The number of hydrogen-bond acceptors (Lipinski definition) is 0. The zero-order valence-corrected chi connectivity index (χ0v) is 10.9. The Morgan fingerprint density at radius 2 is 0.833 bits per heavy atom. The third-order valence-electron chi connectivity index (χ3n) is 0. The summed E-state index contributed by atoms with van der Waals surface area (Å²) in [6.07, 6.45) is 0. The minimum Gasteiger partial charge on any atom is 0 e. The van der Waals surface area contributed by atoms with Crippen LogP contribution in [0, 0.1) is 0 Å². The molecule has 0 unspecified atom stereocenters. The Balaban J connectivity index is 0. The van der Waals surface area contributed by atoms with Crippen LogP contribution >= 0.6 is 35.7 Å². The van der Waals surface area contributed by atoms with Gasteiger partial charge in [-0.2, -0.15) is 0 Å². The molecule has 33 valence electrons. The molecule has 1 radical (unpaired) electrons. The minimum atomic E-state index is -3.29. The van der Waals surface area contributed by atoms with Crippen LogP contribution in [0.15, 0.2) is 0 Å². The van der Waals surface area contributed by atoms with E-state index in [0.29, 0.717) is 0 Å². The Morgan fingerprint density at radius 3 is 0.833 bits per heavy atom. The molecule has 0 atom stereocenters. The van der Waals surface area contributed by atoms with Gasteiger partial charge in [0.1, 0.15) is 0 Å². The summed E-state index contributed by atoms with van der Waals surface area (Å²) in [5.74, 6) is 0. The van der Waals surface area contributed by atoms with Crippen LogP contribution in [0.25, 0.3) is 0 Å². The fourth-order valence-corrected chi connectivity index (χ4v) is 0. The molecule has 0 spiro atoms. The molecular formula is Cl4NaSn. The van der Waals surface area contributed by atoms with Gasteiger partial charge in [-0.15, -0.1) is 0 Å². The van der Waals surface area contributed by atoms with E-state index >= 15 is 0 Å². The molecule has 0 aliphatic carbocycles. The topological polar surface area (TPSA) is 0 Å². The molecule has 0 aromatic rings. The van der Waals surface area contributed by atoms with Crippen molar-refractivity contribution in [3.8, 4) is 0 Å². The van der Waals surface area contributed by atoms with Crippen LogP contribution in [-0.4, -0.2) is 43.4 Å². The average Bonchev–Trinajstić information content (AvgIpc) is 0.722. The summed E-state index contributed by atoms with van der Waals surface area (Å²) in [6, 6.07) is 0. The third kappa shape index (κ3) is 28.2. The summed E-state index contributed by atoms with van der Waals surface area (Å²) in [6.45, 7) is 0. The Kier molecular flexibility index (Phi) is 9.38. The summed E-state index contributed by atoms with van der Waals surface area (Å²) in [5, 5.41) is 0. The predicted molar refractivity (Wildman–Crippen MR) is 34.9 cm³/mol. The number of halogens is 4. The fourth-order valence-electron chi connectivity index (χ4n) is 0. The molecule has 0 aliphatic rings. The smallest absolute Gasteiger partial charge is 0 e. The van der Waals surface area contributed by atoms with Crippen molar-refractivity contribution >= 4 is 79.1 Å². The third-order valence-corrected chi connectivity index (χ3v) is 0. The molecule has 0 saturated heterocycles. The molecule has 0 aromatic heterocycles. The molecule has 0 saturated carbocycles. The standard InChI is InChI=1S/4ClH.Na.Sn/h4*1H;;/q;;;;;+4/p-4. The summed E-state index contributed by atoms with van der Waals surface area (Å²) < 4.78 is 0. The van der Waals surface area contributed by atoms with Crippen LogP contribution in [0.4, 0.5) is 0 Å². The second-order valence-electron chi connectivity index (χ2n) is 0.429. The molecule has 0 nitrogen and oxygen atoms in total. The SMILES string of the molecule is [Cl][Sn]([Cl])([Cl])[Cl].[Na]. The molecule has 0 fully saturated rings. The van der Waals surface area contributed by atoms with Gasteiger partial charge in [0, 0.05) is 29.6 Å². The Labute approximate surface area is 77.5 Å². The van der Waals surface area contributed by atoms with Crippen LogP contribution in [0.3, 0.4) is 0 Å². The molecule has 0 N–H and O–H groups in total. The largest absolute Gasteiger partial charge is 0 e. The van der Waals surface area contributed by atoms with E-state index in [9.17, 15) is 0 Å². The second-order valence-corrected chi connectivity index (χ2v) is 25.9. The first-order valence-electron chi connectivity index (χ1n) is 0.756. The Hall–Kier alpha value is 2.96. The summed E-state index contributed by atoms with van der Waals surface area (Å²) in [4.78, 5) is 0. The molecule has 0 aliphatic heterocycles. The van der Waals surface area contributed by atoms with Crippen molar-refractivity contribution in [1.82, 2.24) is 0 Å². The van der Waals surface area contributed by atoms with Crippen molar-refractivity contribution in [2.45, 2.75) is 0 Å². The molecule has 0 amide bonds. The average molecular weight is 284 g/mol. The van der Waals surface area contributed by atoms with Gasteiger partial charge in [0.25, 0.3) is 0 Å². The van der Waals surface area contributed by atoms with E-state index in [4.69, 9.17) is 35.7 Å². The van der Waals surface area contributed by atoms with E-state index in [2.05, 4.69) is 0 Å². The van der Waals surface area contributed by atoms with Crippen LogP contribution < -0.4 is 0 Å². The van der Waals surface area contributed by atoms with Gasteiger partial charge < -0.3 is 0 Å². The van der Waals surface area contributed by atoms with Crippen molar-refractivity contribution in [3.05, 3.63) is 0 Å². The molecule has 0 bridgehead atoms. The Morgan fingerprint density at radius 1 is 0.833 bits per heavy atom. The summed E-state index contributed by atoms with van der Waals surface area (Å²) in [5.41, 5.74) is 0. The van der Waals surface area contributed by atoms with Gasteiger partial charge in [0.2, 0.25) is 0 Å². The monoisotopic (exact) mass is 283 g/mol. The van der Waals surface area contributed by atoms with Crippen LogP contribution in [-0.2, 0) is 0 Å². The molecule has 0 aromatic carbocycles. The van der Waals surface area contributed by atoms with Gasteiger partial charge in [-0.1, -0.05) is 0 Å². The molecule has 0 rings (SSSR count). The zero-order chi connectivity index (χ0) is 4.50. The maximum Gasteiger partial charge on any atom is 0 e. The minimum absolute atomic E-state index is 0. The van der Waals surface area contributed by atoms with Gasteiger partial charge in [-0.3, -0.25) is 0 Å². The molecule has 6 heavy (non-hydrogen) atoms. The van der Waals surface area contributed by atoms with Gasteiger partial charge in [-0.25, -0.2) is 0 Å². The second kappa shape index (κ2) is 4.80. The van der Waals surface area contributed by atoms with E-state index in [1.54, 1.807) is 0 Å². The molecule has 6 heteroatoms. The maximum atomic E-state index is 5.04. The van der Waals surface area contributed by atoms with Gasteiger partial charge in [-0.05, 0) is 0 Å². The van der Waals surface area contributed by atoms with Crippen LogP contribution in [0.5, 0.6) is 0 Å². The zero-order valence-electron chi connectivity index (χ0n) is 3.01. The first-order valence-corrected chi connectivity index (χ1v) is 15.2. The molecule has 0 heterocycles. The van der Waals surface area contributed by atoms with Crippen molar-refractivity contribution in [2.24, 2.45) is 0 Å². The Bertz CT molecular complexity index is 23.0. The predicted octanol–water partition coefficient (Wildman–Crippen LogP) is 2.00. The van der Waals surface area contributed by atoms with Gasteiger partial charge in [0.15, 0.2) is 0 Å². The summed E-state index contributed by atoms with van der Waals surface area (Å²) in [7, 11) is 20.1. The van der Waals surface area contributed by atoms with Crippen LogP contribution in [0.1, 0.15) is 0 Å². The quantitative estimate of drug-likeness (QED) is 0.597. The van der Waals surface area contributed by atoms with Gasteiger partial charge in [0.05, 0.1) is 0 Å². The van der Waals surface area contributed by atoms with Crippen molar-refractivity contribution in [2.75, 3.05) is 0 Å². The fraction of sp³-hybridized carbons (Fsp3) is 0. The van der Waals surface area contributed by atoms with E-state index in [0.717, 1.165) is 0 Å². The number of hydrogen-bond donors (Lipinski definition) is 0. The van der Waals surface area contributed by atoms with Crippen molar-refractivity contribution in [1.29, 1.82) is 0 Å². The first kappa shape index (κ1) is 11.7. The van der Waals surface area contributed by atoms with Gasteiger partial charge >= 0.3 is 49.6 Å². The van der Waals surface area contributed by atoms with Crippen molar-refractivity contribution in [3.63, 3.8) is 0 Å². The van der Waals surface area contributed by atoms with E-state index in [-0.39, 0.29) is 29.6 Å². The van der Waals surface area contributed by atoms with E-state index < -0.39 is 13.9 Å². The number of rotatable bonds is 0. The summed E-state index contributed by atoms with van der Waals surface area (Å²) >= 11 is -3.29. The molecular weight excluding hydrogens is 284 g/mol. The maximum absolute atomic E-state index is 5.04. The van der Waals surface area contributed by atoms with Crippen LogP contribution in [0.2, 0.25) is 0 Å². The van der Waals surface area contributed by atoms with E-state index in [1.165, 1.54) is 0 Å². The van der Waals surface area contributed by atoms with E-state index in [1.807, 2.05) is 0 Å². The first-order chi connectivity index (χ1) is 2.00. The normalized spacial score (nSPS) is 10.0. The van der Waals surface area contributed by atoms with Crippen molar-refractivity contribution < 1.29 is 0 Å².